The number of rotatable bonds is 11. The molecule has 0 radical (unpaired) electrons. The lowest BCUT2D eigenvalue weighted by atomic mass is 10.1. The zero-order valence-corrected chi connectivity index (χ0v) is 23.9. The van der Waals surface area contributed by atoms with Crippen LogP contribution in [-0.2, 0) is 21.1 Å². The zero-order valence-electron chi connectivity index (χ0n) is 21.6. The second-order valence-corrected chi connectivity index (χ2v) is 13.6. The molecule has 10 nitrogen and oxygen atoms in total. The number of hydrogen-bond donors (Lipinski definition) is 2. The van der Waals surface area contributed by atoms with Crippen LogP contribution < -0.4 is 16.6 Å². The van der Waals surface area contributed by atoms with Crippen molar-refractivity contribution in [1.29, 1.82) is 0 Å². The molecule has 3 aromatic heterocycles. The number of Topliss-reactive ketones (excluding diaryl/α,β-unsaturated/α-hetero) is 1. The monoisotopic (exact) mass is 601 g/mol. The molecule has 0 amide bonds. The van der Waals surface area contributed by atoms with Gasteiger partial charge in [-0.15, -0.1) is 11.3 Å². The summed E-state index contributed by atoms with van der Waals surface area (Å²) in [6.45, 7) is 4.16. The van der Waals surface area contributed by atoms with Crippen molar-refractivity contribution in [3.8, 4) is 5.82 Å². The number of H-pyrrole nitrogens is 1. The Morgan fingerprint density at radius 3 is 2.60 bits per heavy atom. The van der Waals surface area contributed by atoms with Crippen LogP contribution in [0, 0.1) is 0 Å². The number of carbonyl (C=O) groups is 1. The lowest BCUT2D eigenvalue weighted by Crippen LogP contribution is -2.34. The van der Waals surface area contributed by atoms with Crippen LogP contribution in [0.25, 0.3) is 16.7 Å². The number of nitrogens with zero attached hydrogens (tertiary/aromatic N) is 3. The summed E-state index contributed by atoms with van der Waals surface area (Å²) in [4.78, 5) is 47.9. The molecule has 0 aliphatic carbocycles. The number of sulfone groups is 1. The fourth-order valence-corrected chi connectivity index (χ4v) is 7.57. The van der Waals surface area contributed by atoms with Crippen molar-refractivity contribution in [1.82, 2.24) is 19.4 Å². The van der Waals surface area contributed by atoms with Crippen LogP contribution in [0.3, 0.4) is 0 Å². The minimum absolute atomic E-state index is 0.0367. The van der Waals surface area contributed by atoms with Gasteiger partial charge in [0.1, 0.15) is 15.8 Å². The Hall–Kier alpha value is -3.32. The first-order valence-electron chi connectivity index (χ1n) is 12.9. The third kappa shape index (κ3) is 6.52. The molecule has 0 saturated carbocycles. The summed E-state index contributed by atoms with van der Waals surface area (Å²) in [7, 11) is -3.79. The molecule has 1 aliphatic rings. The SMILES string of the molecule is O=C(Cc1ccc(-n2c(=O)[nH]c3cc(NCCCN4CCCC4)ccc3c2=O)nc1)CS(=O)(=O)c1ccc(Cl)s1. The van der Waals surface area contributed by atoms with E-state index in [1.165, 1.54) is 37.2 Å². The summed E-state index contributed by atoms with van der Waals surface area (Å²) in [6, 6.07) is 11.1. The summed E-state index contributed by atoms with van der Waals surface area (Å²) in [5.41, 5.74) is 0.542. The highest BCUT2D eigenvalue weighted by atomic mass is 35.5. The topological polar surface area (TPSA) is 134 Å². The minimum Gasteiger partial charge on any atom is -0.385 e. The molecule has 1 fully saturated rings. The summed E-state index contributed by atoms with van der Waals surface area (Å²) in [6.07, 6.45) is 4.72. The number of fused-ring (bicyclic) bond motifs is 1. The summed E-state index contributed by atoms with van der Waals surface area (Å²) in [5.74, 6) is -1.08. The number of pyridine rings is 1. The van der Waals surface area contributed by atoms with Crippen molar-refractivity contribution >= 4 is 55.1 Å². The van der Waals surface area contributed by atoms with Gasteiger partial charge in [-0.3, -0.25) is 9.59 Å². The van der Waals surface area contributed by atoms with E-state index in [4.69, 9.17) is 11.6 Å². The number of benzene rings is 1. The number of aromatic amines is 1. The van der Waals surface area contributed by atoms with Gasteiger partial charge in [-0.05, 0) is 80.9 Å². The van der Waals surface area contributed by atoms with Crippen LogP contribution in [0.1, 0.15) is 24.8 Å². The Kier molecular flexibility index (Phi) is 8.50. The van der Waals surface area contributed by atoms with E-state index in [-0.39, 0.29) is 16.4 Å². The molecule has 1 aromatic carbocycles. The van der Waals surface area contributed by atoms with Crippen LogP contribution in [0.5, 0.6) is 0 Å². The van der Waals surface area contributed by atoms with E-state index in [9.17, 15) is 22.8 Å². The second kappa shape index (κ2) is 12.0. The van der Waals surface area contributed by atoms with Crippen molar-refractivity contribution in [3.63, 3.8) is 0 Å². The van der Waals surface area contributed by atoms with E-state index in [2.05, 4.69) is 20.2 Å². The zero-order chi connectivity index (χ0) is 28.3. The smallest absolute Gasteiger partial charge is 0.334 e. The van der Waals surface area contributed by atoms with E-state index >= 15 is 0 Å². The molecule has 13 heteroatoms. The average molecular weight is 602 g/mol. The molecule has 1 saturated heterocycles. The lowest BCUT2D eigenvalue weighted by molar-refractivity contribution is -0.116. The Morgan fingerprint density at radius 2 is 1.90 bits per heavy atom. The lowest BCUT2D eigenvalue weighted by Gasteiger charge is -2.15. The number of ketones is 1. The van der Waals surface area contributed by atoms with Gasteiger partial charge in [0.05, 0.1) is 15.2 Å². The molecule has 210 valence electrons. The Bertz CT molecular complexity index is 1760. The van der Waals surface area contributed by atoms with Gasteiger partial charge < -0.3 is 15.2 Å². The number of aromatic nitrogens is 3. The Labute approximate surface area is 239 Å². The van der Waals surface area contributed by atoms with Gasteiger partial charge in [0.2, 0.25) is 0 Å². The summed E-state index contributed by atoms with van der Waals surface area (Å²) >= 11 is 6.71. The van der Waals surface area contributed by atoms with Crippen molar-refractivity contribution in [2.24, 2.45) is 0 Å². The number of anilines is 1. The number of nitrogens with one attached hydrogen (secondary N) is 2. The molecule has 0 bridgehead atoms. The van der Waals surface area contributed by atoms with Crippen LogP contribution in [0.2, 0.25) is 4.34 Å². The number of carbonyl (C=O) groups excluding carboxylic acids is 1. The van der Waals surface area contributed by atoms with Gasteiger partial charge in [-0.25, -0.2) is 22.8 Å². The Morgan fingerprint density at radius 1 is 1.10 bits per heavy atom. The maximum atomic E-state index is 13.2. The Balaban J connectivity index is 1.26. The fourth-order valence-electron chi connectivity index (χ4n) is 4.76. The molecule has 4 aromatic rings. The third-order valence-electron chi connectivity index (χ3n) is 6.72. The van der Waals surface area contributed by atoms with E-state index in [0.717, 1.165) is 54.2 Å². The molecule has 2 N–H and O–H groups in total. The van der Waals surface area contributed by atoms with E-state index < -0.39 is 32.6 Å². The molecule has 40 heavy (non-hydrogen) atoms. The second-order valence-electron chi connectivity index (χ2n) is 9.72. The molecule has 4 heterocycles. The predicted octanol–water partition coefficient (Wildman–Crippen LogP) is 3.27. The molecule has 0 unspecified atom stereocenters. The number of halogens is 1. The van der Waals surface area contributed by atoms with E-state index in [1.54, 1.807) is 18.2 Å². The van der Waals surface area contributed by atoms with E-state index in [0.29, 0.717) is 20.8 Å². The molecule has 1 aliphatic heterocycles. The molecule has 5 rings (SSSR count). The summed E-state index contributed by atoms with van der Waals surface area (Å²) < 4.78 is 26.2. The highest BCUT2D eigenvalue weighted by molar-refractivity contribution is 7.94. The predicted molar refractivity (Wildman–Crippen MR) is 157 cm³/mol. The summed E-state index contributed by atoms with van der Waals surface area (Å²) in [5, 5.41) is 3.69. The first-order chi connectivity index (χ1) is 19.2. The van der Waals surface area contributed by atoms with Gasteiger partial charge in [-0.1, -0.05) is 17.7 Å². The van der Waals surface area contributed by atoms with Crippen molar-refractivity contribution in [2.75, 3.05) is 37.2 Å². The number of thiophene rings is 1. The largest absolute Gasteiger partial charge is 0.385 e. The third-order valence-corrected chi connectivity index (χ3v) is 10.2. The van der Waals surface area contributed by atoms with Crippen LogP contribution in [0.4, 0.5) is 5.69 Å². The molecular formula is C27H28ClN5O5S2. The molecular weight excluding hydrogens is 574 g/mol. The highest BCUT2D eigenvalue weighted by Crippen LogP contribution is 2.26. The normalized spacial score (nSPS) is 14.1. The van der Waals surface area contributed by atoms with Gasteiger partial charge >= 0.3 is 5.69 Å². The van der Waals surface area contributed by atoms with Gasteiger partial charge in [0, 0.05) is 24.8 Å². The fraction of sp³-hybridized carbons (Fsp3) is 0.333. The van der Waals surface area contributed by atoms with Crippen LogP contribution >= 0.6 is 22.9 Å². The number of likely N-dealkylation sites (tertiary alicyclic amines) is 1. The highest BCUT2D eigenvalue weighted by Gasteiger charge is 2.22. The quantitative estimate of drug-likeness (QED) is 0.250. The molecule has 0 spiro atoms. The van der Waals surface area contributed by atoms with Gasteiger partial charge in [0.15, 0.2) is 15.6 Å². The van der Waals surface area contributed by atoms with Crippen molar-refractivity contribution < 1.29 is 13.2 Å². The van der Waals surface area contributed by atoms with Crippen molar-refractivity contribution in [2.45, 2.75) is 29.9 Å². The van der Waals surface area contributed by atoms with Crippen molar-refractivity contribution in [3.05, 3.63) is 79.4 Å². The maximum absolute atomic E-state index is 13.2. The molecule has 0 atom stereocenters. The van der Waals surface area contributed by atoms with Gasteiger partial charge in [-0.2, -0.15) is 0 Å². The first-order valence-corrected chi connectivity index (χ1v) is 15.7. The minimum atomic E-state index is -3.79. The van der Waals surface area contributed by atoms with E-state index in [1.807, 2.05) is 6.07 Å². The van der Waals surface area contributed by atoms with Crippen LogP contribution in [-0.4, -0.2) is 65.6 Å². The van der Waals surface area contributed by atoms with Crippen LogP contribution in [0.15, 0.2) is 62.5 Å². The van der Waals surface area contributed by atoms with Gasteiger partial charge in [0.25, 0.3) is 5.56 Å². The standard InChI is InChI=1S/C27H28ClN5O5S2/c28-23-7-9-25(39-23)40(37,38)17-20(34)14-18-4-8-24(30-16-18)33-26(35)21-6-5-19(15-22(21)31-27(33)36)29-10-3-13-32-11-1-2-12-32/h4-9,15-16,29H,1-3,10-14,17H2,(H,31,36). The average Bonchev–Trinajstić information content (AvgIpc) is 3.59. The maximum Gasteiger partial charge on any atom is 0.334 e. The first kappa shape index (κ1) is 28.2. The number of hydrogen-bond acceptors (Lipinski definition) is 9.